The quantitative estimate of drug-likeness (QED) is 0.810. The Bertz CT molecular complexity index is 522. The summed E-state index contributed by atoms with van der Waals surface area (Å²) in [6.45, 7) is 0. The molecule has 4 heteroatoms. The predicted octanol–water partition coefficient (Wildman–Crippen LogP) is 1.94. The van der Waals surface area contributed by atoms with Crippen molar-refractivity contribution in [2.24, 2.45) is 0 Å². The minimum Gasteiger partial charge on any atom is -0.496 e. The van der Waals surface area contributed by atoms with Crippen molar-refractivity contribution in [3.63, 3.8) is 0 Å². The molecule has 0 aliphatic rings. The SMILES string of the molecule is COc1cccc2cc(C(=O)O)ncc12. The number of carboxylic acids is 1. The molecule has 0 spiro atoms. The zero-order valence-electron chi connectivity index (χ0n) is 8.10. The summed E-state index contributed by atoms with van der Waals surface area (Å²) in [5.74, 6) is -0.336. The van der Waals surface area contributed by atoms with E-state index in [1.54, 1.807) is 7.11 Å². The van der Waals surface area contributed by atoms with Crippen LogP contribution < -0.4 is 4.74 Å². The van der Waals surface area contributed by atoms with E-state index in [2.05, 4.69) is 4.98 Å². The second kappa shape index (κ2) is 3.57. The lowest BCUT2D eigenvalue weighted by Gasteiger charge is -2.04. The summed E-state index contributed by atoms with van der Waals surface area (Å²) >= 11 is 0. The van der Waals surface area contributed by atoms with E-state index in [9.17, 15) is 4.79 Å². The van der Waals surface area contributed by atoms with E-state index in [1.807, 2.05) is 18.2 Å². The molecule has 0 radical (unpaired) electrons. The zero-order chi connectivity index (χ0) is 10.8. The number of nitrogens with zero attached hydrogens (tertiary/aromatic N) is 1. The van der Waals surface area contributed by atoms with Crippen LogP contribution >= 0.6 is 0 Å². The molecule has 76 valence electrons. The smallest absolute Gasteiger partial charge is 0.354 e. The molecule has 1 N–H and O–H groups in total. The van der Waals surface area contributed by atoms with Crippen molar-refractivity contribution in [1.29, 1.82) is 0 Å². The normalized spacial score (nSPS) is 10.2. The average molecular weight is 203 g/mol. The number of pyridine rings is 1. The number of carbonyl (C=O) groups is 1. The highest BCUT2D eigenvalue weighted by Crippen LogP contribution is 2.24. The topological polar surface area (TPSA) is 59.4 Å². The fraction of sp³-hybridized carbons (Fsp3) is 0.0909. The molecule has 2 aromatic rings. The van der Waals surface area contributed by atoms with Gasteiger partial charge in [0.05, 0.1) is 7.11 Å². The molecule has 1 aromatic carbocycles. The first-order valence-electron chi connectivity index (χ1n) is 4.38. The molecule has 0 saturated carbocycles. The largest absolute Gasteiger partial charge is 0.496 e. The van der Waals surface area contributed by atoms with Gasteiger partial charge in [-0.15, -0.1) is 0 Å². The van der Waals surface area contributed by atoms with Crippen molar-refractivity contribution in [2.45, 2.75) is 0 Å². The van der Waals surface area contributed by atoms with Crippen molar-refractivity contribution < 1.29 is 14.6 Å². The second-order valence-corrected chi connectivity index (χ2v) is 3.06. The molecule has 0 unspecified atom stereocenters. The molecule has 0 aliphatic carbocycles. The van der Waals surface area contributed by atoms with Gasteiger partial charge >= 0.3 is 5.97 Å². The summed E-state index contributed by atoms with van der Waals surface area (Å²) in [5.41, 5.74) is 0.0377. The van der Waals surface area contributed by atoms with E-state index in [0.717, 1.165) is 10.8 Å². The van der Waals surface area contributed by atoms with Gasteiger partial charge in [0.25, 0.3) is 0 Å². The van der Waals surface area contributed by atoms with Crippen molar-refractivity contribution in [2.75, 3.05) is 7.11 Å². The van der Waals surface area contributed by atoms with Crippen molar-refractivity contribution >= 4 is 16.7 Å². The molecule has 2 rings (SSSR count). The summed E-state index contributed by atoms with van der Waals surface area (Å²) < 4.78 is 5.14. The fourth-order valence-corrected chi connectivity index (χ4v) is 1.44. The maximum absolute atomic E-state index is 10.7. The van der Waals surface area contributed by atoms with Crippen molar-refractivity contribution in [3.8, 4) is 5.75 Å². The zero-order valence-corrected chi connectivity index (χ0v) is 8.10. The van der Waals surface area contributed by atoms with Gasteiger partial charge in [-0.05, 0) is 17.5 Å². The third-order valence-electron chi connectivity index (χ3n) is 2.16. The number of fused-ring (bicyclic) bond motifs is 1. The Morgan fingerprint density at radius 1 is 1.47 bits per heavy atom. The van der Waals surface area contributed by atoms with Crippen molar-refractivity contribution in [3.05, 3.63) is 36.2 Å². The molecule has 1 heterocycles. The van der Waals surface area contributed by atoms with Gasteiger partial charge in [-0.3, -0.25) is 0 Å². The van der Waals surface area contributed by atoms with Gasteiger partial charge in [-0.1, -0.05) is 12.1 Å². The van der Waals surface area contributed by atoms with Crippen LogP contribution in [0.5, 0.6) is 5.75 Å². The maximum Gasteiger partial charge on any atom is 0.354 e. The molecule has 0 amide bonds. The fourth-order valence-electron chi connectivity index (χ4n) is 1.44. The predicted molar refractivity (Wildman–Crippen MR) is 55.3 cm³/mol. The molecule has 15 heavy (non-hydrogen) atoms. The Balaban J connectivity index is 2.69. The number of aromatic carboxylic acids is 1. The Labute approximate surface area is 86.1 Å². The van der Waals surface area contributed by atoms with Gasteiger partial charge in [0.2, 0.25) is 0 Å². The van der Waals surface area contributed by atoms with Crippen LogP contribution in [0.25, 0.3) is 10.8 Å². The molecule has 4 nitrogen and oxygen atoms in total. The second-order valence-electron chi connectivity index (χ2n) is 3.06. The van der Waals surface area contributed by atoms with Gasteiger partial charge in [-0.25, -0.2) is 9.78 Å². The minimum absolute atomic E-state index is 0.0377. The third-order valence-corrected chi connectivity index (χ3v) is 2.16. The number of carboxylic acid groups (broad SMARTS) is 1. The van der Waals surface area contributed by atoms with Crippen LogP contribution in [-0.4, -0.2) is 23.2 Å². The first-order chi connectivity index (χ1) is 7.22. The molecule has 0 bridgehead atoms. The molecular formula is C11H9NO3. The van der Waals surface area contributed by atoms with E-state index in [0.29, 0.717) is 5.75 Å². The average Bonchev–Trinajstić information content (AvgIpc) is 2.27. The van der Waals surface area contributed by atoms with Crippen LogP contribution in [-0.2, 0) is 0 Å². The van der Waals surface area contributed by atoms with Crippen LogP contribution in [0.4, 0.5) is 0 Å². The summed E-state index contributed by atoms with van der Waals surface area (Å²) in [7, 11) is 1.57. The van der Waals surface area contributed by atoms with Crippen LogP contribution in [0.1, 0.15) is 10.5 Å². The number of hydrogen-bond acceptors (Lipinski definition) is 3. The molecular weight excluding hydrogens is 194 g/mol. The van der Waals surface area contributed by atoms with Crippen LogP contribution in [0.2, 0.25) is 0 Å². The first kappa shape index (κ1) is 9.45. The summed E-state index contributed by atoms with van der Waals surface area (Å²) in [6.07, 6.45) is 1.51. The summed E-state index contributed by atoms with van der Waals surface area (Å²) in [4.78, 5) is 14.5. The highest BCUT2D eigenvalue weighted by Gasteiger charge is 2.07. The van der Waals surface area contributed by atoms with Crippen LogP contribution in [0.3, 0.4) is 0 Å². The van der Waals surface area contributed by atoms with Crippen LogP contribution in [0, 0.1) is 0 Å². The maximum atomic E-state index is 10.7. The highest BCUT2D eigenvalue weighted by atomic mass is 16.5. The third kappa shape index (κ3) is 1.61. The van der Waals surface area contributed by atoms with Gasteiger partial charge in [-0.2, -0.15) is 0 Å². The van der Waals surface area contributed by atoms with Gasteiger partial charge in [0.1, 0.15) is 11.4 Å². The highest BCUT2D eigenvalue weighted by molar-refractivity contribution is 5.94. The molecule has 0 saturated heterocycles. The number of benzene rings is 1. The summed E-state index contributed by atoms with van der Waals surface area (Å²) in [6, 6.07) is 6.98. The van der Waals surface area contributed by atoms with E-state index in [1.165, 1.54) is 12.3 Å². The number of hydrogen-bond donors (Lipinski definition) is 1. The Morgan fingerprint density at radius 3 is 2.93 bits per heavy atom. The number of ether oxygens (including phenoxy) is 1. The lowest BCUT2D eigenvalue weighted by atomic mass is 10.1. The van der Waals surface area contributed by atoms with E-state index in [4.69, 9.17) is 9.84 Å². The molecule has 0 aliphatic heterocycles. The monoisotopic (exact) mass is 203 g/mol. The first-order valence-corrected chi connectivity index (χ1v) is 4.38. The van der Waals surface area contributed by atoms with Crippen molar-refractivity contribution in [1.82, 2.24) is 4.98 Å². The van der Waals surface area contributed by atoms with E-state index >= 15 is 0 Å². The number of rotatable bonds is 2. The summed E-state index contributed by atoms with van der Waals surface area (Å²) in [5, 5.41) is 10.4. The van der Waals surface area contributed by atoms with Gasteiger partial charge in [0, 0.05) is 11.6 Å². The Hall–Kier alpha value is -2.10. The molecule has 0 atom stereocenters. The van der Waals surface area contributed by atoms with Gasteiger partial charge < -0.3 is 9.84 Å². The molecule has 1 aromatic heterocycles. The minimum atomic E-state index is -1.03. The van der Waals surface area contributed by atoms with E-state index < -0.39 is 5.97 Å². The lowest BCUT2D eigenvalue weighted by Crippen LogP contribution is -1.99. The Kier molecular flexibility index (Phi) is 2.25. The lowest BCUT2D eigenvalue weighted by molar-refractivity contribution is 0.0690. The van der Waals surface area contributed by atoms with E-state index in [-0.39, 0.29) is 5.69 Å². The Morgan fingerprint density at radius 2 is 2.27 bits per heavy atom. The van der Waals surface area contributed by atoms with Crippen LogP contribution in [0.15, 0.2) is 30.5 Å². The molecule has 0 fully saturated rings. The van der Waals surface area contributed by atoms with Gasteiger partial charge in [0.15, 0.2) is 0 Å². The standard InChI is InChI=1S/C11H9NO3/c1-15-10-4-2-3-7-5-9(11(13)14)12-6-8(7)10/h2-6H,1H3,(H,13,14). The number of methoxy groups -OCH3 is 1. The number of aromatic nitrogens is 1.